The van der Waals surface area contributed by atoms with Gasteiger partial charge in [-0.1, -0.05) is 25.3 Å². The van der Waals surface area contributed by atoms with Crippen molar-refractivity contribution in [2.24, 2.45) is 5.92 Å². The summed E-state index contributed by atoms with van der Waals surface area (Å²) in [4.78, 5) is 30.5. The summed E-state index contributed by atoms with van der Waals surface area (Å²) in [5, 5.41) is 2.78. The van der Waals surface area contributed by atoms with Gasteiger partial charge in [0.25, 0.3) is 0 Å². The third-order valence-electron chi connectivity index (χ3n) is 4.63. The minimum Gasteiger partial charge on any atom is -0.383 e. The van der Waals surface area contributed by atoms with Gasteiger partial charge < -0.3 is 15.0 Å². The quantitative estimate of drug-likeness (QED) is 0.743. The smallest absolute Gasteiger partial charge is 0.242 e. The van der Waals surface area contributed by atoms with E-state index in [-0.39, 0.29) is 18.4 Å². The lowest BCUT2D eigenvalue weighted by atomic mass is 9.87. The predicted octanol–water partition coefficient (Wildman–Crippen LogP) is 2.14. The summed E-state index contributed by atoms with van der Waals surface area (Å²) in [7, 11) is 1.61. The molecule has 1 aliphatic carbocycles. The van der Waals surface area contributed by atoms with Crippen LogP contribution in [0, 0.1) is 5.92 Å². The molecule has 1 heterocycles. The maximum absolute atomic E-state index is 12.5. The number of amides is 2. The van der Waals surface area contributed by atoms with Gasteiger partial charge in [0.2, 0.25) is 11.8 Å². The number of nitrogens with zero attached hydrogens (tertiary/aromatic N) is 2. The first-order chi connectivity index (χ1) is 12.2. The number of rotatable bonds is 9. The summed E-state index contributed by atoms with van der Waals surface area (Å²) < 4.78 is 5.08. The summed E-state index contributed by atoms with van der Waals surface area (Å²) in [6.07, 6.45) is 8.20. The van der Waals surface area contributed by atoms with E-state index in [9.17, 15) is 9.59 Å². The fourth-order valence-electron chi connectivity index (χ4n) is 3.19. The molecule has 0 atom stereocenters. The molecule has 1 fully saturated rings. The molecule has 138 valence electrons. The Morgan fingerprint density at radius 2 is 2.08 bits per heavy atom. The molecule has 1 aliphatic rings. The molecule has 1 aromatic rings. The van der Waals surface area contributed by atoms with E-state index in [2.05, 4.69) is 10.3 Å². The van der Waals surface area contributed by atoms with Crippen molar-refractivity contribution in [3.8, 4) is 0 Å². The van der Waals surface area contributed by atoms with E-state index in [1.54, 1.807) is 18.2 Å². The Morgan fingerprint density at radius 1 is 1.28 bits per heavy atom. The largest absolute Gasteiger partial charge is 0.383 e. The number of methoxy groups -OCH3 is 1. The van der Waals surface area contributed by atoms with E-state index in [1.807, 2.05) is 18.2 Å². The topological polar surface area (TPSA) is 71.5 Å². The zero-order chi connectivity index (χ0) is 17.9. The highest BCUT2D eigenvalue weighted by Crippen LogP contribution is 2.25. The Bertz CT molecular complexity index is 530. The molecule has 0 bridgehead atoms. The van der Waals surface area contributed by atoms with Gasteiger partial charge in [0.05, 0.1) is 25.4 Å². The van der Waals surface area contributed by atoms with Crippen molar-refractivity contribution in [3.63, 3.8) is 0 Å². The van der Waals surface area contributed by atoms with Crippen molar-refractivity contribution in [3.05, 3.63) is 30.1 Å². The molecule has 1 saturated carbocycles. The summed E-state index contributed by atoms with van der Waals surface area (Å²) in [6.45, 7) is 1.38. The van der Waals surface area contributed by atoms with E-state index in [4.69, 9.17) is 4.74 Å². The third-order valence-corrected chi connectivity index (χ3v) is 4.63. The van der Waals surface area contributed by atoms with E-state index in [0.29, 0.717) is 32.0 Å². The number of nitrogens with one attached hydrogen (secondary N) is 1. The summed E-state index contributed by atoms with van der Waals surface area (Å²) >= 11 is 0. The minimum absolute atomic E-state index is 0.0234. The van der Waals surface area contributed by atoms with Gasteiger partial charge >= 0.3 is 0 Å². The third kappa shape index (κ3) is 7.22. The van der Waals surface area contributed by atoms with E-state index in [1.165, 1.54) is 19.3 Å². The first kappa shape index (κ1) is 19.4. The van der Waals surface area contributed by atoms with Gasteiger partial charge in [0.1, 0.15) is 0 Å². The molecule has 2 amide bonds. The van der Waals surface area contributed by atoms with Crippen LogP contribution in [-0.2, 0) is 20.9 Å². The van der Waals surface area contributed by atoms with E-state index < -0.39 is 0 Å². The van der Waals surface area contributed by atoms with Crippen LogP contribution in [0.2, 0.25) is 0 Å². The average molecular weight is 347 g/mol. The predicted molar refractivity (Wildman–Crippen MR) is 95.7 cm³/mol. The molecular formula is C19H29N3O3. The van der Waals surface area contributed by atoms with Crippen molar-refractivity contribution in [2.45, 2.75) is 45.1 Å². The summed E-state index contributed by atoms with van der Waals surface area (Å²) in [5.41, 5.74) is 0.820. The molecule has 6 heteroatoms. The van der Waals surface area contributed by atoms with E-state index >= 15 is 0 Å². The average Bonchev–Trinajstić information content (AvgIpc) is 2.65. The highest BCUT2D eigenvalue weighted by molar-refractivity contribution is 5.84. The Labute approximate surface area is 150 Å². The second kappa shape index (κ2) is 10.8. The van der Waals surface area contributed by atoms with Crippen LogP contribution < -0.4 is 5.32 Å². The molecular weight excluding hydrogens is 318 g/mol. The molecule has 2 rings (SSSR count). The van der Waals surface area contributed by atoms with Crippen LogP contribution in [0.1, 0.15) is 44.2 Å². The minimum atomic E-state index is -0.111. The number of carbonyl (C=O) groups is 2. The Morgan fingerprint density at radius 3 is 2.76 bits per heavy atom. The second-order valence-electron chi connectivity index (χ2n) is 6.61. The second-order valence-corrected chi connectivity index (χ2v) is 6.61. The zero-order valence-electron chi connectivity index (χ0n) is 15.1. The van der Waals surface area contributed by atoms with Crippen LogP contribution in [0.25, 0.3) is 0 Å². The van der Waals surface area contributed by atoms with Crippen molar-refractivity contribution in [2.75, 3.05) is 26.8 Å². The Balaban J connectivity index is 1.80. The van der Waals surface area contributed by atoms with Gasteiger partial charge in [0, 0.05) is 26.3 Å². The first-order valence-electron chi connectivity index (χ1n) is 9.12. The van der Waals surface area contributed by atoms with Crippen molar-refractivity contribution in [1.29, 1.82) is 0 Å². The molecule has 0 spiro atoms. The van der Waals surface area contributed by atoms with Crippen LogP contribution in [0.4, 0.5) is 0 Å². The van der Waals surface area contributed by atoms with Crippen molar-refractivity contribution < 1.29 is 14.3 Å². The van der Waals surface area contributed by atoms with Gasteiger partial charge in [0.15, 0.2) is 0 Å². The van der Waals surface area contributed by atoms with Gasteiger partial charge in [-0.15, -0.1) is 0 Å². The van der Waals surface area contributed by atoms with Crippen LogP contribution in [0.15, 0.2) is 24.4 Å². The maximum atomic E-state index is 12.5. The molecule has 6 nitrogen and oxygen atoms in total. The maximum Gasteiger partial charge on any atom is 0.242 e. The van der Waals surface area contributed by atoms with Crippen LogP contribution in [-0.4, -0.2) is 48.5 Å². The number of hydrogen-bond acceptors (Lipinski definition) is 4. The number of aromatic nitrogens is 1. The number of ether oxygens (including phenoxy) is 1. The van der Waals surface area contributed by atoms with Crippen molar-refractivity contribution in [1.82, 2.24) is 15.2 Å². The van der Waals surface area contributed by atoms with E-state index in [0.717, 1.165) is 18.5 Å². The molecule has 0 aliphatic heterocycles. The van der Waals surface area contributed by atoms with Gasteiger partial charge in [-0.25, -0.2) is 0 Å². The van der Waals surface area contributed by atoms with Gasteiger partial charge in [-0.2, -0.15) is 0 Å². The normalized spacial score (nSPS) is 14.9. The van der Waals surface area contributed by atoms with Crippen LogP contribution >= 0.6 is 0 Å². The monoisotopic (exact) mass is 347 g/mol. The molecule has 1 N–H and O–H groups in total. The fraction of sp³-hybridized carbons (Fsp3) is 0.632. The number of carbonyl (C=O) groups excluding carboxylic acids is 2. The SMILES string of the molecule is COCCN(Cc1ccccn1)C(=O)CNC(=O)CC1CCCCC1. The highest BCUT2D eigenvalue weighted by Gasteiger charge is 2.19. The molecule has 0 saturated heterocycles. The summed E-state index contributed by atoms with van der Waals surface area (Å²) in [6, 6.07) is 5.62. The van der Waals surface area contributed by atoms with Crippen LogP contribution in [0.5, 0.6) is 0 Å². The zero-order valence-corrected chi connectivity index (χ0v) is 15.1. The lowest BCUT2D eigenvalue weighted by Crippen LogP contribution is -2.41. The molecule has 0 radical (unpaired) electrons. The number of pyridine rings is 1. The lowest BCUT2D eigenvalue weighted by molar-refractivity contribution is -0.134. The Kier molecular flexibility index (Phi) is 8.39. The fourth-order valence-corrected chi connectivity index (χ4v) is 3.19. The molecule has 0 unspecified atom stereocenters. The summed E-state index contributed by atoms with van der Waals surface area (Å²) in [5.74, 6) is 0.339. The first-order valence-corrected chi connectivity index (χ1v) is 9.12. The van der Waals surface area contributed by atoms with Crippen LogP contribution in [0.3, 0.4) is 0 Å². The highest BCUT2D eigenvalue weighted by atomic mass is 16.5. The lowest BCUT2D eigenvalue weighted by Gasteiger charge is -2.23. The number of hydrogen-bond donors (Lipinski definition) is 1. The van der Waals surface area contributed by atoms with Crippen molar-refractivity contribution >= 4 is 11.8 Å². The van der Waals surface area contributed by atoms with Gasteiger partial charge in [-0.3, -0.25) is 14.6 Å². The Hall–Kier alpha value is -1.95. The van der Waals surface area contributed by atoms with Gasteiger partial charge in [-0.05, 0) is 30.9 Å². The molecule has 25 heavy (non-hydrogen) atoms. The standard InChI is InChI=1S/C19H29N3O3/c1-25-12-11-22(15-17-9-5-6-10-20-17)19(24)14-21-18(23)13-16-7-3-2-4-8-16/h5-6,9-10,16H,2-4,7-8,11-15H2,1H3,(H,21,23). The molecule has 0 aromatic carbocycles. The molecule has 1 aromatic heterocycles.